The number of anilines is 1. The van der Waals surface area contributed by atoms with Crippen molar-refractivity contribution in [3.05, 3.63) is 24.1 Å². The summed E-state index contributed by atoms with van der Waals surface area (Å²) in [5.41, 5.74) is 7.62. The number of carbonyl (C=O) groups is 1. The van der Waals surface area contributed by atoms with Gasteiger partial charge in [-0.15, -0.1) is 12.4 Å². The van der Waals surface area contributed by atoms with Gasteiger partial charge in [0, 0.05) is 12.1 Å². The molecular weight excluding hydrogens is 254 g/mol. The number of nitrogens with zero attached hydrogens (tertiary/aromatic N) is 1. The SMILES string of the molecule is CCc1nc2cc(NC(=O)C(C)N)ccc2o1.Cl. The minimum Gasteiger partial charge on any atom is -0.441 e. The average molecular weight is 270 g/mol. The van der Waals surface area contributed by atoms with Crippen molar-refractivity contribution in [3.63, 3.8) is 0 Å². The summed E-state index contributed by atoms with van der Waals surface area (Å²) < 4.78 is 5.48. The molecule has 0 fully saturated rings. The van der Waals surface area contributed by atoms with Crippen LogP contribution in [0.5, 0.6) is 0 Å². The van der Waals surface area contributed by atoms with Gasteiger partial charge in [-0.2, -0.15) is 0 Å². The van der Waals surface area contributed by atoms with Crippen LogP contribution in [-0.4, -0.2) is 16.9 Å². The Hall–Kier alpha value is -1.59. The molecule has 5 nitrogen and oxygen atoms in total. The van der Waals surface area contributed by atoms with Gasteiger partial charge in [-0.05, 0) is 25.1 Å². The maximum atomic E-state index is 11.4. The number of nitrogens with two attached hydrogens (primary N) is 1. The Morgan fingerprint density at radius 3 is 2.89 bits per heavy atom. The summed E-state index contributed by atoms with van der Waals surface area (Å²) in [5, 5.41) is 2.72. The molecule has 0 spiro atoms. The van der Waals surface area contributed by atoms with Crippen molar-refractivity contribution in [2.24, 2.45) is 5.73 Å². The Bertz CT molecular complexity index is 551. The lowest BCUT2D eigenvalue weighted by atomic mass is 10.2. The van der Waals surface area contributed by atoms with E-state index in [1.807, 2.05) is 6.92 Å². The summed E-state index contributed by atoms with van der Waals surface area (Å²) in [4.78, 5) is 15.7. The van der Waals surface area contributed by atoms with E-state index in [0.717, 1.165) is 17.5 Å². The van der Waals surface area contributed by atoms with Crippen LogP contribution in [0.15, 0.2) is 22.6 Å². The van der Waals surface area contributed by atoms with Gasteiger partial charge >= 0.3 is 0 Å². The van der Waals surface area contributed by atoms with Crippen LogP contribution in [0, 0.1) is 0 Å². The molecule has 2 rings (SSSR count). The van der Waals surface area contributed by atoms with Crippen LogP contribution in [0.1, 0.15) is 19.7 Å². The third-order valence-electron chi connectivity index (χ3n) is 2.42. The molecule has 1 amide bonds. The normalized spacial score (nSPS) is 11.9. The number of amides is 1. The largest absolute Gasteiger partial charge is 0.441 e. The first kappa shape index (κ1) is 14.5. The summed E-state index contributed by atoms with van der Waals surface area (Å²) in [6.07, 6.45) is 0.746. The Morgan fingerprint density at radius 1 is 1.56 bits per heavy atom. The smallest absolute Gasteiger partial charge is 0.240 e. The third-order valence-corrected chi connectivity index (χ3v) is 2.42. The molecule has 18 heavy (non-hydrogen) atoms. The number of rotatable bonds is 3. The molecule has 3 N–H and O–H groups in total. The Labute approximate surface area is 111 Å². The maximum absolute atomic E-state index is 11.4. The van der Waals surface area contributed by atoms with Crippen LogP contribution >= 0.6 is 12.4 Å². The highest BCUT2D eigenvalue weighted by Gasteiger charge is 2.09. The number of hydrogen-bond acceptors (Lipinski definition) is 4. The lowest BCUT2D eigenvalue weighted by molar-refractivity contribution is -0.117. The highest BCUT2D eigenvalue weighted by molar-refractivity contribution is 5.95. The van der Waals surface area contributed by atoms with Crippen LogP contribution in [0.4, 0.5) is 5.69 Å². The lowest BCUT2D eigenvalue weighted by Gasteiger charge is -2.06. The Balaban J connectivity index is 0.00000162. The average Bonchev–Trinajstić information content (AvgIpc) is 2.70. The van der Waals surface area contributed by atoms with Gasteiger partial charge in [-0.3, -0.25) is 4.79 Å². The highest BCUT2D eigenvalue weighted by atomic mass is 35.5. The fourth-order valence-electron chi connectivity index (χ4n) is 1.46. The highest BCUT2D eigenvalue weighted by Crippen LogP contribution is 2.20. The zero-order valence-electron chi connectivity index (χ0n) is 10.3. The number of benzene rings is 1. The van der Waals surface area contributed by atoms with Crippen LogP contribution in [0.3, 0.4) is 0 Å². The summed E-state index contributed by atoms with van der Waals surface area (Å²) >= 11 is 0. The molecule has 0 saturated heterocycles. The topological polar surface area (TPSA) is 81.2 Å². The molecule has 0 saturated carbocycles. The van der Waals surface area contributed by atoms with Crippen LogP contribution in [0.25, 0.3) is 11.1 Å². The van der Waals surface area contributed by atoms with E-state index in [-0.39, 0.29) is 18.3 Å². The number of aromatic nitrogens is 1. The van der Waals surface area contributed by atoms with Gasteiger partial charge in [0.2, 0.25) is 5.91 Å². The lowest BCUT2D eigenvalue weighted by Crippen LogP contribution is -2.32. The van der Waals surface area contributed by atoms with Crippen molar-refractivity contribution in [1.82, 2.24) is 4.98 Å². The van der Waals surface area contributed by atoms with E-state index in [1.54, 1.807) is 25.1 Å². The number of hydrogen-bond donors (Lipinski definition) is 2. The Morgan fingerprint density at radius 2 is 2.28 bits per heavy atom. The van der Waals surface area contributed by atoms with E-state index in [0.29, 0.717) is 11.6 Å². The van der Waals surface area contributed by atoms with E-state index in [4.69, 9.17) is 10.2 Å². The molecule has 1 aromatic heterocycles. The van der Waals surface area contributed by atoms with Crippen molar-refractivity contribution in [2.45, 2.75) is 26.3 Å². The van der Waals surface area contributed by atoms with Gasteiger partial charge in [0.15, 0.2) is 11.5 Å². The second-order valence-electron chi connectivity index (χ2n) is 3.92. The first-order chi connectivity index (χ1) is 8.10. The first-order valence-corrected chi connectivity index (χ1v) is 5.56. The van der Waals surface area contributed by atoms with Crippen molar-refractivity contribution >= 4 is 35.1 Å². The number of halogens is 1. The molecule has 1 heterocycles. The van der Waals surface area contributed by atoms with E-state index in [1.165, 1.54) is 0 Å². The molecule has 2 aromatic rings. The third kappa shape index (κ3) is 3.00. The van der Waals surface area contributed by atoms with Gasteiger partial charge < -0.3 is 15.5 Å². The van der Waals surface area contributed by atoms with Crippen molar-refractivity contribution in [1.29, 1.82) is 0 Å². The predicted molar refractivity (Wildman–Crippen MR) is 72.9 cm³/mol. The monoisotopic (exact) mass is 269 g/mol. The second kappa shape index (κ2) is 5.84. The van der Waals surface area contributed by atoms with Gasteiger partial charge in [-0.1, -0.05) is 6.92 Å². The molecule has 0 aliphatic heterocycles. The number of carbonyl (C=O) groups excluding carboxylic acids is 1. The molecule has 1 atom stereocenters. The number of nitrogens with one attached hydrogen (secondary N) is 1. The number of fused-ring (bicyclic) bond motifs is 1. The first-order valence-electron chi connectivity index (χ1n) is 5.56. The number of oxazole rings is 1. The van der Waals surface area contributed by atoms with Crippen LogP contribution in [0.2, 0.25) is 0 Å². The minimum atomic E-state index is -0.533. The van der Waals surface area contributed by atoms with E-state index >= 15 is 0 Å². The number of aryl methyl sites for hydroxylation is 1. The van der Waals surface area contributed by atoms with Crippen LogP contribution in [-0.2, 0) is 11.2 Å². The molecule has 0 radical (unpaired) electrons. The van der Waals surface area contributed by atoms with E-state index in [2.05, 4.69) is 10.3 Å². The molecule has 1 aromatic carbocycles. The van der Waals surface area contributed by atoms with Gasteiger partial charge in [0.05, 0.1) is 6.04 Å². The van der Waals surface area contributed by atoms with E-state index in [9.17, 15) is 4.79 Å². The maximum Gasteiger partial charge on any atom is 0.240 e. The molecule has 0 bridgehead atoms. The summed E-state index contributed by atoms with van der Waals surface area (Å²) in [6, 6.07) is 4.80. The fourth-order valence-corrected chi connectivity index (χ4v) is 1.46. The predicted octanol–water partition coefficient (Wildman–Crippen LogP) is 2.10. The van der Waals surface area contributed by atoms with Crippen molar-refractivity contribution in [2.75, 3.05) is 5.32 Å². The zero-order valence-corrected chi connectivity index (χ0v) is 11.1. The standard InChI is InChI=1S/C12H15N3O2.ClH/c1-3-11-15-9-6-8(4-5-10(9)17-11)14-12(16)7(2)13;/h4-7H,3,13H2,1-2H3,(H,14,16);1H. The molecule has 6 heteroatoms. The summed E-state index contributed by atoms with van der Waals surface area (Å²) in [6.45, 7) is 3.61. The Kier molecular flexibility index (Phi) is 4.69. The molecule has 1 unspecified atom stereocenters. The molecular formula is C12H16ClN3O2. The second-order valence-corrected chi connectivity index (χ2v) is 3.92. The van der Waals surface area contributed by atoms with Crippen LogP contribution < -0.4 is 11.1 Å². The minimum absolute atomic E-state index is 0. The van der Waals surface area contributed by atoms with Gasteiger partial charge in [-0.25, -0.2) is 4.98 Å². The summed E-state index contributed by atoms with van der Waals surface area (Å²) in [5.74, 6) is 0.472. The summed E-state index contributed by atoms with van der Waals surface area (Å²) in [7, 11) is 0. The van der Waals surface area contributed by atoms with Gasteiger partial charge in [0.1, 0.15) is 5.52 Å². The molecule has 0 aliphatic rings. The molecule has 0 aliphatic carbocycles. The van der Waals surface area contributed by atoms with E-state index < -0.39 is 6.04 Å². The quantitative estimate of drug-likeness (QED) is 0.894. The zero-order chi connectivity index (χ0) is 12.4. The fraction of sp³-hybridized carbons (Fsp3) is 0.333. The molecule has 98 valence electrons. The van der Waals surface area contributed by atoms with Crippen molar-refractivity contribution in [3.8, 4) is 0 Å². The van der Waals surface area contributed by atoms with Gasteiger partial charge in [0.25, 0.3) is 0 Å². The van der Waals surface area contributed by atoms with Crippen molar-refractivity contribution < 1.29 is 9.21 Å².